The van der Waals surface area contributed by atoms with Gasteiger partial charge < -0.3 is 19.7 Å². The van der Waals surface area contributed by atoms with Gasteiger partial charge in [0.25, 0.3) is 5.91 Å². The number of nitrogens with one attached hydrogen (secondary N) is 3. The van der Waals surface area contributed by atoms with Crippen molar-refractivity contribution in [2.45, 2.75) is 39.8 Å². The number of hydrogen-bond donors (Lipinski definition) is 3. The molecule has 1 aromatic carbocycles. The number of urea groups is 1. The molecule has 0 heterocycles. The summed E-state index contributed by atoms with van der Waals surface area (Å²) in [6.07, 6.45) is 0.811. The van der Waals surface area contributed by atoms with Crippen LogP contribution in [0.25, 0.3) is 0 Å². The van der Waals surface area contributed by atoms with Crippen molar-refractivity contribution in [2.75, 3.05) is 27.8 Å². The highest BCUT2D eigenvalue weighted by atomic mass is 16.5. The minimum absolute atomic E-state index is 0.0345. The number of carbonyl (C=O) groups is 2. The number of imide groups is 1. The molecule has 2 atom stereocenters. The van der Waals surface area contributed by atoms with Crippen LogP contribution in [0.2, 0.25) is 0 Å². The molecular formula is C18H30N3O4+. The Kier molecular flexibility index (Phi) is 8.21. The average Bonchev–Trinajstić information content (AvgIpc) is 2.55. The van der Waals surface area contributed by atoms with E-state index in [0.29, 0.717) is 18.0 Å². The molecule has 1 rings (SSSR count). The van der Waals surface area contributed by atoms with Crippen molar-refractivity contribution in [3.8, 4) is 11.5 Å². The molecule has 25 heavy (non-hydrogen) atoms. The number of quaternary nitrogens is 1. The van der Waals surface area contributed by atoms with Crippen LogP contribution in [0.5, 0.6) is 11.5 Å². The van der Waals surface area contributed by atoms with Crippen molar-refractivity contribution < 1.29 is 24.0 Å². The van der Waals surface area contributed by atoms with E-state index in [2.05, 4.69) is 10.6 Å². The fraction of sp³-hybridized carbons (Fsp3) is 0.556. The Morgan fingerprint density at radius 3 is 2.36 bits per heavy atom. The number of methoxy groups -OCH3 is 2. The topological polar surface area (TPSA) is 81.1 Å². The Hall–Kier alpha value is -2.28. The lowest BCUT2D eigenvalue weighted by atomic mass is 10.1. The molecule has 0 saturated carbocycles. The Bertz CT molecular complexity index is 604. The highest BCUT2D eigenvalue weighted by Gasteiger charge is 2.17. The largest absolute Gasteiger partial charge is 0.493 e. The third kappa shape index (κ3) is 6.62. The zero-order valence-electron chi connectivity index (χ0n) is 16.0. The summed E-state index contributed by atoms with van der Waals surface area (Å²) >= 11 is 0. The van der Waals surface area contributed by atoms with Gasteiger partial charge in [0.1, 0.15) is 6.54 Å². The van der Waals surface area contributed by atoms with Crippen LogP contribution in [0.4, 0.5) is 4.79 Å². The van der Waals surface area contributed by atoms with Crippen molar-refractivity contribution in [1.29, 1.82) is 0 Å². The fourth-order valence-corrected chi connectivity index (χ4v) is 2.41. The Balaban J connectivity index is 2.63. The lowest BCUT2D eigenvalue weighted by Gasteiger charge is -2.17. The van der Waals surface area contributed by atoms with E-state index in [1.165, 1.54) is 0 Å². The molecule has 0 aliphatic rings. The summed E-state index contributed by atoms with van der Waals surface area (Å²) in [5, 5.41) is 5.07. The van der Waals surface area contributed by atoms with E-state index in [4.69, 9.17) is 9.47 Å². The van der Waals surface area contributed by atoms with Gasteiger partial charge in [-0.3, -0.25) is 10.1 Å². The van der Waals surface area contributed by atoms with Crippen molar-refractivity contribution in [2.24, 2.45) is 0 Å². The van der Waals surface area contributed by atoms with Gasteiger partial charge in [0, 0.05) is 11.6 Å². The first-order valence-corrected chi connectivity index (χ1v) is 8.43. The predicted octanol–water partition coefficient (Wildman–Crippen LogP) is 0.651. The van der Waals surface area contributed by atoms with Gasteiger partial charge in [0.2, 0.25) is 0 Å². The number of amides is 3. The molecule has 0 fully saturated rings. The smallest absolute Gasteiger partial charge is 0.321 e. The van der Waals surface area contributed by atoms with Gasteiger partial charge in [0.15, 0.2) is 18.0 Å². The first-order valence-electron chi connectivity index (χ1n) is 8.43. The molecule has 7 heteroatoms. The van der Waals surface area contributed by atoms with E-state index in [0.717, 1.165) is 22.4 Å². The van der Waals surface area contributed by atoms with E-state index < -0.39 is 6.03 Å². The Morgan fingerprint density at radius 2 is 1.80 bits per heavy atom. The molecule has 3 amide bonds. The normalized spacial score (nSPS) is 12.9. The summed E-state index contributed by atoms with van der Waals surface area (Å²) in [7, 11) is 5.10. The number of carbonyl (C=O) groups excluding carboxylic acids is 2. The Labute approximate surface area is 149 Å². The number of benzene rings is 1. The van der Waals surface area contributed by atoms with Crippen LogP contribution in [0, 0.1) is 6.92 Å². The van der Waals surface area contributed by atoms with Crippen LogP contribution in [-0.2, 0) is 11.3 Å². The van der Waals surface area contributed by atoms with Crippen molar-refractivity contribution in [3.63, 3.8) is 0 Å². The van der Waals surface area contributed by atoms with Gasteiger partial charge in [-0.25, -0.2) is 4.79 Å². The maximum absolute atomic E-state index is 12.0. The molecule has 0 aromatic heterocycles. The first kappa shape index (κ1) is 20.8. The highest BCUT2D eigenvalue weighted by molar-refractivity contribution is 5.94. The molecule has 3 N–H and O–H groups in total. The van der Waals surface area contributed by atoms with Crippen LogP contribution < -0.4 is 25.0 Å². The number of likely N-dealkylation sites (N-methyl/N-ethyl adjacent to an activating group) is 1. The van der Waals surface area contributed by atoms with Gasteiger partial charge in [0.05, 0.1) is 21.3 Å². The maximum Gasteiger partial charge on any atom is 0.321 e. The molecule has 1 aromatic rings. The van der Waals surface area contributed by atoms with Crippen LogP contribution in [0.3, 0.4) is 0 Å². The van der Waals surface area contributed by atoms with Gasteiger partial charge in [-0.2, -0.15) is 0 Å². The van der Waals surface area contributed by atoms with E-state index >= 15 is 0 Å². The minimum atomic E-state index is -0.450. The standard InChI is InChI=1S/C18H29N3O4/c1-7-13(3)19-18(23)20-17(22)11-21(4)10-14-9-16(25-6)15(24-5)8-12(14)2/h8-9,13H,7,10-11H2,1-6H3,(H2,19,20,22,23)/p+1/t13-/m0/s1. The van der Waals surface area contributed by atoms with E-state index in [1.807, 2.05) is 40.0 Å². The molecule has 7 nitrogen and oxygen atoms in total. The highest BCUT2D eigenvalue weighted by Crippen LogP contribution is 2.29. The molecule has 140 valence electrons. The molecular weight excluding hydrogens is 322 g/mol. The van der Waals surface area contributed by atoms with Crippen LogP contribution >= 0.6 is 0 Å². The van der Waals surface area contributed by atoms with Crippen molar-refractivity contribution >= 4 is 11.9 Å². The number of ether oxygens (including phenoxy) is 2. The molecule has 0 aliphatic heterocycles. The number of hydrogen-bond acceptors (Lipinski definition) is 4. The number of aryl methyl sites for hydroxylation is 1. The third-order valence-electron chi connectivity index (χ3n) is 4.04. The lowest BCUT2D eigenvalue weighted by molar-refractivity contribution is -0.885. The van der Waals surface area contributed by atoms with Crippen LogP contribution in [-0.4, -0.2) is 45.8 Å². The summed E-state index contributed by atoms with van der Waals surface area (Å²) in [4.78, 5) is 24.6. The second-order valence-corrected chi connectivity index (χ2v) is 6.28. The van der Waals surface area contributed by atoms with Crippen LogP contribution in [0.15, 0.2) is 12.1 Å². The van der Waals surface area contributed by atoms with Gasteiger partial charge in [-0.15, -0.1) is 0 Å². The summed E-state index contributed by atoms with van der Waals surface area (Å²) in [5.41, 5.74) is 2.12. The predicted molar refractivity (Wildman–Crippen MR) is 96.2 cm³/mol. The van der Waals surface area contributed by atoms with E-state index in [9.17, 15) is 9.59 Å². The second kappa shape index (κ2) is 9.88. The summed E-state index contributed by atoms with van der Waals surface area (Å²) in [6, 6.07) is 3.42. The van der Waals surface area contributed by atoms with Gasteiger partial charge in [-0.05, 0) is 38.0 Å². The first-order chi connectivity index (χ1) is 11.8. The average molecular weight is 352 g/mol. The second-order valence-electron chi connectivity index (χ2n) is 6.28. The minimum Gasteiger partial charge on any atom is -0.493 e. The van der Waals surface area contributed by atoms with Crippen LogP contribution in [0.1, 0.15) is 31.4 Å². The third-order valence-corrected chi connectivity index (χ3v) is 4.04. The molecule has 1 unspecified atom stereocenters. The van der Waals surface area contributed by atoms with Crippen molar-refractivity contribution in [3.05, 3.63) is 23.3 Å². The quantitative estimate of drug-likeness (QED) is 0.642. The zero-order valence-corrected chi connectivity index (χ0v) is 16.0. The zero-order chi connectivity index (χ0) is 19.0. The maximum atomic E-state index is 12.0. The fourth-order valence-electron chi connectivity index (χ4n) is 2.41. The van der Waals surface area contributed by atoms with Gasteiger partial charge >= 0.3 is 6.03 Å². The van der Waals surface area contributed by atoms with Crippen molar-refractivity contribution in [1.82, 2.24) is 10.6 Å². The number of rotatable bonds is 8. The molecule has 0 saturated heterocycles. The van der Waals surface area contributed by atoms with Gasteiger partial charge in [-0.1, -0.05) is 6.92 Å². The van der Waals surface area contributed by atoms with E-state index in [1.54, 1.807) is 14.2 Å². The van der Waals surface area contributed by atoms with E-state index in [-0.39, 0.29) is 18.5 Å². The monoisotopic (exact) mass is 352 g/mol. The molecule has 0 bridgehead atoms. The molecule has 0 radical (unpaired) electrons. The lowest BCUT2D eigenvalue weighted by Crippen LogP contribution is -3.09. The molecule has 0 aliphatic carbocycles. The summed E-state index contributed by atoms with van der Waals surface area (Å²) in [5.74, 6) is 1.03. The summed E-state index contributed by atoms with van der Waals surface area (Å²) < 4.78 is 10.6. The SMILES string of the molecule is CC[C@H](C)NC(=O)NC(=O)C[NH+](C)Cc1cc(OC)c(OC)cc1C. The Morgan fingerprint density at radius 1 is 1.20 bits per heavy atom. The summed E-state index contributed by atoms with van der Waals surface area (Å²) in [6.45, 7) is 6.68. The molecule has 0 spiro atoms.